The van der Waals surface area contributed by atoms with Crippen LogP contribution >= 0.6 is 15.9 Å². The van der Waals surface area contributed by atoms with E-state index in [0.717, 1.165) is 35.9 Å². The van der Waals surface area contributed by atoms with Crippen molar-refractivity contribution in [1.82, 2.24) is 4.98 Å². The van der Waals surface area contributed by atoms with Gasteiger partial charge in [-0.05, 0) is 62.1 Å². The normalized spacial score (nSPS) is 10.3. The summed E-state index contributed by atoms with van der Waals surface area (Å²) in [6.45, 7) is 1.25. The lowest BCUT2D eigenvalue weighted by molar-refractivity contribution is 0.0588. The lowest BCUT2D eigenvalue weighted by Crippen LogP contribution is -2.08. The second kappa shape index (κ2) is 10.7. The van der Waals surface area contributed by atoms with Crippen molar-refractivity contribution in [3.05, 3.63) is 52.8 Å². The molecule has 5 nitrogen and oxygen atoms in total. The van der Waals surface area contributed by atoms with Gasteiger partial charge in [-0.3, -0.25) is 0 Å². The van der Waals surface area contributed by atoms with E-state index in [9.17, 15) is 4.79 Å². The van der Waals surface area contributed by atoms with Gasteiger partial charge in [0, 0.05) is 10.7 Å². The number of esters is 1. The van der Waals surface area contributed by atoms with E-state index < -0.39 is 5.97 Å². The fourth-order valence-electron chi connectivity index (χ4n) is 2.22. The van der Waals surface area contributed by atoms with E-state index >= 15 is 0 Å². The molecule has 0 aliphatic heterocycles. The van der Waals surface area contributed by atoms with Gasteiger partial charge in [-0.1, -0.05) is 15.9 Å². The summed E-state index contributed by atoms with van der Waals surface area (Å²) < 4.78 is 17.1. The average molecular weight is 408 g/mol. The second-order valence-corrected chi connectivity index (χ2v) is 6.32. The molecule has 0 amide bonds. The Morgan fingerprint density at radius 1 is 1.00 bits per heavy atom. The summed E-state index contributed by atoms with van der Waals surface area (Å²) in [6, 6.07) is 11.3. The molecule has 0 radical (unpaired) electrons. The van der Waals surface area contributed by atoms with Crippen LogP contribution in [0.3, 0.4) is 0 Å². The van der Waals surface area contributed by atoms with Crippen molar-refractivity contribution in [3.8, 4) is 11.5 Å². The Hall–Kier alpha value is -2.08. The number of pyridine rings is 1. The number of nitrogens with zero attached hydrogens (tertiary/aromatic N) is 1. The minimum Gasteiger partial charge on any atom is -0.494 e. The van der Waals surface area contributed by atoms with Gasteiger partial charge in [0.05, 0.1) is 20.3 Å². The van der Waals surface area contributed by atoms with E-state index in [1.807, 2.05) is 24.3 Å². The highest BCUT2D eigenvalue weighted by Crippen LogP contribution is 2.18. The monoisotopic (exact) mass is 407 g/mol. The number of rotatable bonds is 10. The molecule has 0 aliphatic carbocycles. The first-order chi connectivity index (χ1) is 12.2. The minimum absolute atomic E-state index is 0.216. The zero-order chi connectivity index (χ0) is 17.9. The fraction of sp³-hybridized carbons (Fsp3) is 0.368. The summed E-state index contributed by atoms with van der Waals surface area (Å²) in [4.78, 5) is 15.6. The first-order valence-electron chi connectivity index (χ1n) is 8.25. The van der Waals surface area contributed by atoms with Crippen molar-refractivity contribution in [3.63, 3.8) is 0 Å². The van der Waals surface area contributed by atoms with Crippen LogP contribution in [0.25, 0.3) is 0 Å². The molecule has 0 aliphatic rings. The van der Waals surface area contributed by atoms with Crippen LogP contribution in [0, 0.1) is 0 Å². The number of hydrogen-bond donors (Lipinski definition) is 0. The van der Waals surface area contributed by atoms with Gasteiger partial charge in [-0.15, -0.1) is 0 Å². The molecular formula is C19H22BrNO4. The molecule has 0 bridgehead atoms. The van der Waals surface area contributed by atoms with Gasteiger partial charge in [0.2, 0.25) is 0 Å². The quantitative estimate of drug-likeness (QED) is 0.423. The van der Waals surface area contributed by atoms with Crippen LogP contribution in [-0.2, 0) is 4.74 Å². The van der Waals surface area contributed by atoms with Crippen LogP contribution in [-0.4, -0.2) is 31.3 Å². The van der Waals surface area contributed by atoms with Gasteiger partial charge in [-0.2, -0.15) is 0 Å². The zero-order valence-electron chi connectivity index (χ0n) is 14.2. The zero-order valence-corrected chi connectivity index (χ0v) is 15.8. The number of carbonyl (C=O) groups is 1. The molecule has 1 aromatic carbocycles. The Kier molecular flexibility index (Phi) is 8.25. The molecule has 0 atom stereocenters. The van der Waals surface area contributed by atoms with Crippen LogP contribution < -0.4 is 9.47 Å². The van der Waals surface area contributed by atoms with Gasteiger partial charge in [0.15, 0.2) is 11.4 Å². The maximum Gasteiger partial charge on any atom is 0.360 e. The average Bonchev–Trinajstić information content (AvgIpc) is 2.65. The molecule has 0 spiro atoms. The third-order valence-electron chi connectivity index (χ3n) is 3.53. The summed E-state index contributed by atoms with van der Waals surface area (Å²) in [5, 5.41) is 0. The van der Waals surface area contributed by atoms with Crippen molar-refractivity contribution >= 4 is 21.9 Å². The molecule has 0 fully saturated rings. The Morgan fingerprint density at radius 3 is 2.36 bits per heavy atom. The molecule has 0 N–H and O–H groups in total. The van der Waals surface area contributed by atoms with Gasteiger partial charge in [0.1, 0.15) is 5.75 Å². The lowest BCUT2D eigenvalue weighted by Gasteiger charge is -2.09. The molecule has 2 aromatic rings. The Balaban J connectivity index is 1.58. The van der Waals surface area contributed by atoms with E-state index in [1.54, 1.807) is 18.3 Å². The maximum atomic E-state index is 11.6. The highest BCUT2D eigenvalue weighted by molar-refractivity contribution is 9.10. The molecule has 2 rings (SSSR count). The highest BCUT2D eigenvalue weighted by atomic mass is 79.9. The molecule has 25 heavy (non-hydrogen) atoms. The van der Waals surface area contributed by atoms with Crippen molar-refractivity contribution in [1.29, 1.82) is 0 Å². The largest absolute Gasteiger partial charge is 0.494 e. The minimum atomic E-state index is -0.485. The van der Waals surface area contributed by atoms with Crippen molar-refractivity contribution in [2.75, 3.05) is 20.3 Å². The standard InChI is InChI=1S/C19H22BrNO4/c1-23-19(22)18-17(7-6-12-21-18)25-14-5-3-2-4-13-24-16-10-8-15(20)9-11-16/h6-12H,2-5,13-14H2,1H3. The number of halogens is 1. The summed E-state index contributed by atoms with van der Waals surface area (Å²) in [6.07, 6.45) is 5.56. The van der Waals surface area contributed by atoms with Crippen molar-refractivity contribution < 1.29 is 19.0 Å². The smallest absolute Gasteiger partial charge is 0.360 e. The molecule has 1 aromatic heterocycles. The van der Waals surface area contributed by atoms with E-state index in [0.29, 0.717) is 19.0 Å². The first-order valence-corrected chi connectivity index (χ1v) is 9.04. The molecule has 0 saturated heterocycles. The molecule has 1 heterocycles. The van der Waals surface area contributed by atoms with Gasteiger partial charge in [-0.25, -0.2) is 9.78 Å². The first kappa shape index (κ1) is 19.2. The summed E-state index contributed by atoms with van der Waals surface area (Å²) in [5.41, 5.74) is 0.216. The Bertz CT molecular complexity index is 661. The summed E-state index contributed by atoms with van der Waals surface area (Å²) in [5.74, 6) is 0.868. The molecule has 0 saturated carbocycles. The second-order valence-electron chi connectivity index (χ2n) is 5.41. The van der Waals surface area contributed by atoms with Crippen LogP contribution in [0.15, 0.2) is 47.1 Å². The van der Waals surface area contributed by atoms with Crippen LogP contribution in [0.2, 0.25) is 0 Å². The predicted octanol–water partition coefficient (Wildman–Crippen LogP) is 4.65. The fourth-order valence-corrected chi connectivity index (χ4v) is 2.48. The summed E-state index contributed by atoms with van der Waals surface area (Å²) >= 11 is 3.40. The molecular weight excluding hydrogens is 386 g/mol. The number of ether oxygens (including phenoxy) is 3. The van der Waals surface area contributed by atoms with E-state index in [4.69, 9.17) is 14.2 Å². The third-order valence-corrected chi connectivity index (χ3v) is 4.06. The number of benzene rings is 1. The number of methoxy groups -OCH3 is 1. The topological polar surface area (TPSA) is 57.7 Å². The molecule has 134 valence electrons. The van der Waals surface area contributed by atoms with E-state index in [-0.39, 0.29) is 5.69 Å². The number of carbonyl (C=O) groups excluding carboxylic acids is 1. The third kappa shape index (κ3) is 6.74. The molecule has 0 unspecified atom stereocenters. The van der Waals surface area contributed by atoms with E-state index in [1.165, 1.54) is 7.11 Å². The van der Waals surface area contributed by atoms with Crippen LogP contribution in [0.4, 0.5) is 0 Å². The predicted molar refractivity (Wildman–Crippen MR) is 99.2 cm³/mol. The molecule has 6 heteroatoms. The summed E-state index contributed by atoms with van der Waals surface area (Å²) in [7, 11) is 1.33. The Labute approximate surface area is 156 Å². The highest BCUT2D eigenvalue weighted by Gasteiger charge is 2.13. The van der Waals surface area contributed by atoms with Gasteiger partial charge in [0.25, 0.3) is 0 Å². The SMILES string of the molecule is COC(=O)c1ncccc1OCCCCCCOc1ccc(Br)cc1. The lowest BCUT2D eigenvalue weighted by atomic mass is 10.2. The van der Waals surface area contributed by atoms with E-state index in [2.05, 4.69) is 20.9 Å². The van der Waals surface area contributed by atoms with Crippen LogP contribution in [0.1, 0.15) is 36.2 Å². The number of unbranched alkanes of at least 4 members (excludes halogenated alkanes) is 3. The Morgan fingerprint density at radius 2 is 1.68 bits per heavy atom. The van der Waals surface area contributed by atoms with Gasteiger partial charge < -0.3 is 14.2 Å². The number of hydrogen-bond acceptors (Lipinski definition) is 5. The van der Waals surface area contributed by atoms with Crippen molar-refractivity contribution in [2.24, 2.45) is 0 Å². The van der Waals surface area contributed by atoms with Crippen molar-refractivity contribution in [2.45, 2.75) is 25.7 Å². The maximum absolute atomic E-state index is 11.6. The number of aromatic nitrogens is 1. The van der Waals surface area contributed by atoms with Crippen LogP contribution in [0.5, 0.6) is 11.5 Å². The van der Waals surface area contributed by atoms with Gasteiger partial charge >= 0.3 is 5.97 Å².